The largest absolute Gasteiger partial charge is 0.486 e. The lowest BCUT2D eigenvalue weighted by atomic mass is 10.0. The normalized spacial score (nSPS) is 12.6. The lowest BCUT2D eigenvalue weighted by molar-refractivity contribution is -0.113. The third-order valence-corrected chi connectivity index (χ3v) is 4.64. The van der Waals surface area contributed by atoms with Crippen molar-refractivity contribution < 1.29 is 19.1 Å². The molecular formula is C17H13Br2NO4. The molecule has 0 radical (unpaired) electrons. The van der Waals surface area contributed by atoms with Gasteiger partial charge in [0.2, 0.25) is 5.91 Å². The average Bonchev–Trinajstić information content (AvgIpc) is 2.61. The fraction of sp³-hybridized carbons (Fsp3) is 0.176. The number of halogens is 2. The van der Waals surface area contributed by atoms with Crippen LogP contribution in [-0.4, -0.2) is 30.2 Å². The van der Waals surface area contributed by atoms with Gasteiger partial charge < -0.3 is 14.8 Å². The second-order valence-corrected chi connectivity index (χ2v) is 6.45. The summed E-state index contributed by atoms with van der Waals surface area (Å²) in [6.45, 7) is 0.846. The van der Waals surface area contributed by atoms with Gasteiger partial charge >= 0.3 is 0 Å². The lowest BCUT2D eigenvalue weighted by Gasteiger charge is -2.21. The van der Waals surface area contributed by atoms with Crippen molar-refractivity contribution in [2.24, 2.45) is 0 Å². The highest BCUT2D eigenvalue weighted by molar-refractivity contribution is 9.10. The first-order chi connectivity index (χ1) is 11.6. The first kappa shape index (κ1) is 17.0. The Hall–Kier alpha value is -1.86. The standard InChI is InChI=1S/C17H13Br2NO4/c18-9-16(21)20-13-8-15-14(23-5-6-24-15)7-11(13)17(22)10-3-1-2-4-12(10)19/h1-4,7-8H,5-6,9H2,(H,20,21). The molecule has 2 aromatic rings. The number of hydrogen-bond acceptors (Lipinski definition) is 4. The monoisotopic (exact) mass is 453 g/mol. The summed E-state index contributed by atoms with van der Waals surface area (Å²) in [6, 6.07) is 10.4. The maximum absolute atomic E-state index is 13.0. The minimum Gasteiger partial charge on any atom is -0.486 e. The number of anilines is 1. The fourth-order valence-electron chi connectivity index (χ4n) is 2.35. The lowest BCUT2D eigenvalue weighted by Crippen LogP contribution is -2.19. The summed E-state index contributed by atoms with van der Waals surface area (Å²) >= 11 is 6.49. The van der Waals surface area contributed by atoms with Crippen LogP contribution >= 0.6 is 31.9 Å². The van der Waals surface area contributed by atoms with E-state index in [9.17, 15) is 9.59 Å². The van der Waals surface area contributed by atoms with Crippen molar-refractivity contribution >= 4 is 49.2 Å². The Morgan fingerprint density at radius 2 is 1.71 bits per heavy atom. The zero-order valence-corrected chi connectivity index (χ0v) is 15.6. The average molecular weight is 455 g/mol. The van der Waals surface area contributed by atoms with Gasteiger partial charge in [0.15, 0.2) is 17.3 Å². The number of nitrogens with one attached hydrogen (secondary N) is 1. The molecule has 124 valence electrons. The Morgan fingerprint density at radius 1 is 1.04 bits per heavy atom. The third kappa shape index (κ3) is 3.47. The van der Waals surface area contributed by atoms with Gasteiger partial charge in [0.25, 0.3) is 0 Å². The van der Waals surface area contributed by atoms with E-state index in [0.717, 1.165) is 0 Å². The van der Waals surface area contributed by atoms with Crippen molar-refractivity contribution in [1.82, 2.24) is 0 Å². The fourth-order valence-corrected chi connectivity index (χ4v) is 2.96. The molecule has 0 bridgehead atoms. The predicted octanol–water partition coefficient (Wildman–Crippen LogP) is 3.78. The second-order valence-electron chi connectivity index (χ2n) is 5.03. The van der Waals surface area contributed by atoms with Gasteiger partial charge in [-0.2, -0.15) is 0 Å². The van der Waals surface area contributed by atoms with E-state index in [4.69, 9.17) is 9.47 Å². The summed E-state index contributed by atoms with van der Waals surface area (Å²) in [5.74, 6) is 0.528. The first-order valence-electron chi connectivity index (χ1n) is 7.19. The maximum Gasteiger partial charge on any atom is 0.235 e. The van der Waals surface area contributed by atoms with Gasteiger partial charge in [-0.15, -0.1) is 0 Å². The molecule has 1 aliphatic heterocycles. The maximum atomic E-state index is 13.0. The molecule has 0 spiro atoms. The van der Waals surface area contributed by atoms with Crippen LogP contribution in [0.5, 0.6) is 11.5 Å². The predicted molar refractivity (Wildman–Crippen MR) is 97.4 cm³/mol. The Balaban J connectivity index is 2.08. The number of carbonyl (C=O) groups is 2. The molecule has 0 saturated carbocycles. The van der Waals surface area contributed by atoms with E-state index in [0.29, 0.717) is 46.0 Å². The molecule has 0 atom stereocenters. The van der Waals surface area contributed by atoms with Crippen LogP contribution in [-0.2, 0) is 4.79 Å². The summed E-state index contributed by atoms with van der Waals surface area (Å²) in [5, 5.41) is 2.85. The van der Waals surface area contributed by atoms with Crippen molar-refractivity contribution in [3.8, 4) is 11.5 Å². The molecule has 7 heteroatoms. The van der Waals surface area contributed by atoms with E-state index >= 15 is 0 Å². The number of fused-ring (bicyclic) bond motifs is 1. The SMILES string of the molecule is O=C(CBr)Nc1cc2c(cc1C(=O)c1ccccc1Br)OCCO2. The van der Waals surface area contributed by atoms with Gasteiger partial charge in [-0.25, -0.2) is 0 Å². The zero-order chi connectivity index (χ0) is 17.1. The number of ketones is 1. The van der Waals surface area contributed by atoms with Gasteiger partial charge in [0, 0.05) is 16.1 Å². The minimum absolute atomic E-state index is 0.129. The molecule has 0 aliphatic carbocycles. The molecule has 24 heavy (non-hydrogen) atoms. The highest BCUT2D eigenvalue weighted by Crippen LogP contribution is 2.37. The number of benzene rings is 2. The molecular weight excluding hydrogens is 442 g/mol. The molecule has 0 unspecified atom stereocenters. The molecule has 0 aromatic heterocycles. The summed E-state index contributed by atoms with van der Waals surface area (Å²) in [4.78, 5) is 24.7. The topological polar surface area (TPSA) is 64.6 Å². The van der Waals surface area contributed by atoms with E-state index in [1.165, 1.54) is 0 Å². The van der Waals surface area contributed by atoms with E-state index < -0.39 is 0 Å². The molecule has 0 saturated heterocycles. The van der Waals surface area contributed by atoms with E-state index in [1.54, 1.807) is 30.3 Å². The van der Waals surface area contributed by atoms with Crippen LogP contribution in [0.3, 0.4) is 0 Å². The number of carbonyl (C=O) groups excluding carboxylic acids is 2. The highest BCUT2D eigenvalue weighted by atomic mass is 79.9. The Morgan fingerprint density at radius 3 is 2.38 bits per heavy atom. The zero-order valence-electron chi connectivity index (χ0n) is 12.5. The third-order valence-electron chi connectivity index (χ3n) is 3.44. The quantitative estimate of drug-likeness (QED) is 0.563. The van der Waals surface area contributed by atoms with Gasteiger partial charge in [-0.3, -0.25) is 9.59 Å². The van der Waals surface area contributed by atoms with E-state index in [1.807, 2.05) is 6.07 Å². The summed E-state index contributed by atoms with van der Waals surface area (Å²) in [6.07, 6.45) is 0. The van der Waals surface area contributed by atoms with Crippen molar-refractivity contribution in [2.75, 3.05) is 23.9 Å². The smallest absolute Gasteiger partial charge is 0.235 e. The number of rotatable bonds is 4. The Labute approximate surface area is 155 Å². The number of alkyl halides is 1. The van der Waals surface area contributed by atoms with Crippen LogP contribution in [0.4, 0.5) is 5.69 Å². The van der Waals surface area contributed by atoms with E-state index in [-0.39, 0.29) is 17.0 Å². The second kappa shape index (κ2) is 7.36. The van der Waals surface area contributed by atoms with Crippen LogP contribution in [0.15, 0.2) is 40.9 Å². The highest BCUT2D eigenvalue weighted by Gasteiger charge is 2.22. The van der Waals surface area contributed by atoms with Crippen molar-refractivity contribution in [3.05, 3.63) is 52.0 Å². The molecule has 1 aliphatic rings. The van der Waals surface area contributed by atoms with Crippen LogP contribution < -0.4 is 14.8 Å². The van der Waals surface area contributed by atoms with Crippen LogP contribution in [0.1, 0.15) is 15.9 Å². The number of ether oxygens (including phenoxy) is 2. The van der Waals surface area contributed by atoms with Crippen molar-refractivity contribution in [3.63, 3.8) is 0 Å². The number of amides is 1. The minimum atomic E-state index is -0.257. The van der Waals surface area contributed by atoms with Crippen molar-refractivity contribution in [2.45, 2.75) is 0 Å². The summed E-state index contributed by atoms with van der Waals surface area (Å²) < 4.78 is 11.8. The van der Waals surface area contributed by atoms with Gasteiger partial charge in [0.1, 0.15) is 13.2 Å². The summed E-state index contributed by atoms with van der Waals surface area (Å²) in [7, 11) is 0. The van der Waals surface area contributed by atoms with Crippen molar-refractivity contribution in [1.29, 1.82) is 0 Å². The van der Waals surface area contributed by atoms with Crippen LogP contribution in [0, 0.1) is 0 Å². The molecule has 1 heterocycles. The van der Waals surface area contributed by atoms with Crippen LogP contribution in [0.2, 0.25) is 0 Å². The Kier molecular flexibility index (Phi) is 5.20. The summed E-state index contributed by atoms with van der Waals surface area (Å²) in [5.41, 5.74) is 1.24. The molecule has 1 N–H and O–H groups in total. The van der Waals surface area contributed by atoms with Gasteiger partial charge in [0.05, 0.1) is 16.6 Å². The molecule has 2 aromatic carbocycles. The number of hydrogen-bond donors (Lipinski definition) is 1. The van der Waals surface area contributed by atoms with Gasteiger partial charge in [-0.05, 0) is 18.2 Å². The van der Waals surface area contributed by atoms with E-state index in [2.05, 4.69) is 37.2 Å². The molecule has 3 rings (SSSR count). The molecule has 0 fully saturated rings. The first-order valence-corrected chi connectivity index (χ1v) is 9.10. The molecule has 5 nitrogen and oxygen atoms in total. The molecule has 1 amide bonds. The van der Waals surface area contributed by atoms with Crippen LogP contribution in [0.25, 0.3) is 0 Å². The Bertz CT molecular complexity index is 807. The van der Waals surface area contributed by atoms with Gasteiger partial charge in [-0.1, -0.05) is 44.0 Å².